The predicted octanol–water partition coefficient (Wildman–Crippen LogP) is 2.64. The van der Waals surface area contributed by atoms with E-state index < -0.39 is 42.7 Å². The minimum absolute atomic E-state index is 0.130. The molecule has 0 aliphatic heterocycles. The van der Waals surface area contributed by atoms with Crippen LogP contribution in [0.3, 0.4) is 0 Å². The largest absolute Gasteiger partial charge is 0.480 e. The number of carboxylic acid groups (broad SMARTS) is 1. The molecule has 0 aliphatic rings. The monoisotopic (exact) mass is 431 g/mol. The van der Waals surface area contributed by atoms with Gasteiger partial charge in [0.25, 0.3) is 0 Å². The molecule has 4 atom stereocenters. The number of aliphatic carboxylic acids is 1. The lowest BCUT2D eigenvalue weighted by Gasteiger charge is -2.20. The fraction of sp³-hybridized carbons (Fsp3) is 0.864. The highest BCUT2D eigenvalue weighted by Crippen LogP contribution is 2.17. The Balaban J connectivity index is 4.71. The van der Waals surface area contributed by atoms with Gasteiger partial charge in [-0.15, -0.1) is 0 Å². The summed E-state index contributed by atoms with van der Waals surface area (Å²) in [7, 11) is 0. The molecule has 0 aromatic heterocycles. The molecule has 176 valence electrons. The van der Waals surface area contributed by atoms with Crippen molar-refractivity contribution in [2.45, 2.75) is 104 Å². The SMILES string of the molecule is CC[C@H](C)CC[C@H](O)CC(=O)O[C@@H](CCCCC(C)C)CC(=O)N[C@H](CO)C(=O)O. The Morgan fingerprint density at radius 1 is 0.967 bits per heavy atom. The molecule has 0 spiro atoms. The van der Waals surface area contributed by atoms with Crippen LogP contribution in [0.15, 0.2) is 0 Å². The molecule has 0 heterocycles. The van der Waals surface area contributed by atoms with Crippen LogP contribution in [-0.4, -0.2) is 58.0 Å². The Labute approximate surface area is 180 Å². The van der Waals surface area contributed by atoms with E-state index in [9.17, 15) is 19.5 Å². The number of aliphatic hydroxyl groups excluding tert-OH is 2. The Morgan fingerprint density at radius 3 is 2.13 bits per heavy atom. The average molecular weight is 432 g/mol. The van der Waals surface area contributed by atoms with Crippen LogP contribution in [-0.2, 0) is 19.1 Å². The molecule has 1 amide bonds. The zero-order chi connectivity index (χ0) is 23.1. The van der Waals surface area contributed by atoms with Gasteiger partial charge in [-0.2, -0.15) is 0 Å². The van der Waals surface area contributed by atoms with Gasteiger partial charge in [-0.25, -0.2) is 4.79 Å². The van der Waals surface area contributed by atoms with E-state index in [-0.39, 0.29) is 12.8 Å². The normalized spacial score (nSPS) is 15.3. The van der Waals surface area contributed by atoms with E-state index in [0.29, 0.717) is 24.7 Å². The number of esters is 1. The van der Waals surface area contributed by atoms with Gasteiger partial charge in [0.15, 0.2) is 0 Å². The first-order valence-corrected chi connectivity index (χ1v) is 11.1. The first kappa shape index (κ1) is 28.3. The lowest BCUT2D eigenvalue weighted by atomic mass is 9.99. The molecule has 0 fully saturated rings. The topological polar surface area (TPSA) is 133 Å². The van der Waals surface area contributed by atoms with Crippen LogP contribution in [0.5, 0.6) is 0 Å². The molecule has 0 rings (SSSR count). The van der Waals surface area contributed by atoms with Crippen molar-refractivity contribution < 1.29 is 34.4 Å². The van der Waals surface area contributed by atoms with Crippen molar-refractivity contribution in [1.82, 2.24) is 5.32 Å². The summed E-state index contributed by atoms with van der Waals surface area (Å²) in [6.07, 6.45) is 3.75. The van der Waals surface area contributed by atoms with Crippen molar-refractivity contribution in [3.05, 3.63) is 0 Å². The lowest BCUT2D eigenvalue weighted by Crippen LogP contribution is -2.44. The van der Waals surface area contributed by atoms with E-state index >= 15 is 0 Å². The molecule has 0 bridgehead atoms. The zero-order valence-corrected chi connectivity index (χ0v) is 18.9. The number of amides is 1. The van der Waals surface area contributed by atoms with Crippen LogP contribution in [0.2, 0.25) is 0 Å². The van der Waals surface area contributed by atoms with Crippen molar-refractivity contribution in [3.63, 3.8) is 0 Å². The summed E-state index contributed by atoms with van der Waals surface area (Å²) in [5.41, 5.74) is 0. The fourth-order valence-electron chi connectivity index (χ4n) is 2.98. The minimum Gasteiger partial charge on any atom is -0.480 e. The van der Waals surface area contributed by atoms with Gasteiger partial charge >= 0.3 is 11.9 Å². The second kappa shape index (κ2) is 16.1. The third kappa shape index (κ3) is 14.3. The number of hydrogen-bond acceptors (Lipinski definition) is 6. The molecule has 8 heteroatoms. The summed E-state index contributed by atoms with van der Waals surface area (Å²) in [6.45, 7) is 7.68. The lowest BCUT2D eigenvalue weighted by molar-refractivity contribution is -0.154. The number of nitrogens with one attached hydrogen (secondary N) is 1. The second-order valence-electron chi connectivity index (χ2n) is 8.58. The summed E-state index contributed by atoms with van der Waals surface area (Å²) in [6, 6.07) is -1.39. The average Bonchev–Trinajstić information content (AvgIpc) is 2.66. The molecule has 0 radical (unpaired) electrons. The summed E-state index contributed by atoms with van der Waals surface area (Å²) < 4.78 is 5.44. The van der Waals surface area contributed by atoms with E-state index in [1.54, 1.807) is 0 Å². The van der Waals surface area contributed by atoms with Crippen LogP contribution in [0, 0.1) is 11.8 Å². The molecule has 8 nitrogen and oxygen atoms in total. The Kier molecular flexibility index (Phi) is 15.2. The Morgan fingerprint density at radius 2 is 1.60 bits per heavy atom. The third-order valence-corrected chi connectivity index (χ3v) is 5.18. The summed E-state index contributed by atoms with van der Waals surface area (Å²) in [5.74, 6) is -1.47. The number of hydrogen-bond donors (Lipinski definition) is 4. The third-order valence-electron chi connectivity index (χ3n) is 5.18. The maximum atomic E-state index is 12.2. The van der Waals surface area contributed by atoms with Gasteiger partial charge in [0, 0.05) is 0 Å². The van der Waals surface area contributed by atoms with Gasteiger partial charge in [-0.1, -0.05) is 47.0 Å². The van der Waals surface area contributed by atoms with Crippen LogP contribution in [0.4, 0.5) is 0 Å². The number of carboxylic acids is 1. The number of rotatable bonds is 17. The zero-order valence-electron chi connectivity index (χ0n) is 18.9. The van der Waals surface area contributed by atoms with Gasteiger partial charge in [0.1, 0.15) is 12.1 Å². The Hall–Kier alpha value is -1.67. The van der Waals surface area contributed by atoms with E-state index in [4.69, 9.17) is 14.9 Å². The second-order valence-corrected chi connectivity index (χ2v) is 8.58. The summed E-state index contributed by atoms with van der Waals surface area (Å²) in [5, 5.41) is 30.3. The van der Waals surface area contributed by atoms with Gasteiger partial charge < -0.3 is 25.4 Å². The summed E-state index contributed by atoms with van der Waals surface area (Å²) in [4.78, 5) is 35.4. The van der Waals surface area contributed by atoms with Gasteiger partial charge in [-0.3, -0.25) is 9.59 Å². The molecule has 0 aromatic rings. The molecular weight excluding hydrogens is 390 g/mol. The highest BCUT2D eigenvalue weighted by molar-refractivity contribution is 5.84. The highest BCUT2D eigenvalue weighted by Gasteiger charge is 2.24. The van der Waals surface area contributed by atoms with Crippen molar-refractivity contribution in [3.8, 4) is 0 Å². The molecule has 0 aromatic carbocycles. The van der Waals surface area contributed by atoms with Crippen LogP contribution in [0.25, 0.3) is 0 Å². The smallest absolute Gasteiger partial charge is 0.328 e. The highest BCUT2D eigenvalue weighted by atomic mass is 16.5. The molecule has 4 N–H and O–H groups in total. The molecule has 0 saturated heterocycles. The number of ether oxygens (including phenoxy) is 1. The van der Waals surface area contributed by atoms with Crippen molar-refractivity contribution in [1.29, 1.82) is 0 Å². The maximum absolute atomic E-state index is 12.2. The van der Waals surface area contributed by atoms with Gasteiger partial charge in [-0.05, 0) is 37.5 Å². The standard InChI is InChI=1S/C22H41NO7/c1-5-16(4)10-11-17(25)12-21(27)30-18(9-7-6-8-15(2)3)13-20(26)23-19(14-24)22(28)29/h15-19,24-25H,5-14H2,1-4H3,(H,23,26)(H,28,29)/t16-,17-,18-,19+/m0/s1. The minimum atomic E-state index is -1.39. The van der Waals surface area contributed by atoms with E-state index in [1.165, 1.54) is 0 Å². The van der Waals surface area contributed by atoms with Crippen LogP contribution < -0.4 is 5.32 Å². The molecule has 0 unspecified atom stereocenters. The molecule has 0 aliphatic carbocycles. The van der Waals surface area contributed by atoms with Crippen LogP contribution >= 0.6 is 0 Å². The predicted molar refractivity (Wildman–Crippen MR) is 114 cm³/mol. The molecule has 0 saturated carbocycles. The van der Waals surface area contributed by atoms with Gasteiger partial charge in [0.2, 0.25) is 5.91 Å². The van der Waals surface area contributed by atoms with Crippen molar-refractivity contribution in [2.24, 2.45) is 11.8 Å². The van der Waals surface area contributed by atoms with Crippen molar-refractivity contribution in [2.75, 3.05) is 6.61 Å². The number of aliphatic hydroxyl groups is 2. The van der Waals surface area contributed by atoms with Crippen molar-refractivity contribution >= 4 is 17.8 Å². The fourth-order valence-corrected chi connectivity index (χ4v) is 2.98. The molecule has 30 heavy (non-hydrogen) atoms. The van der Waals surface area contributed by atoms with Crippen LogP contribution in [0.1, 0.15) is 85.5 Å². The first-order chi connectivity index (χ1) is 14.1. The first-order valence-electron chi connectivity index (χ1n) is 11.1. The van der Waals surface area contributed by atoms with Gasteiger partial charge in [0.05, 0.1) is 25.6 Å². The summed E-state index contributed by atoms with van der Waals surface area (Å²) >= 11 is 0. The number of carbonyl (C=O) groups is 3. The van der Waals surface area contributed by atoms with E-state index in [1.807, 2.05) is 0 Å². The number of carbonyl (C=O) groups excluding carboxylic acids is 2. The van der Waals surface area contributed by atoms with E-state index in [2.05, 4.69) is 33.0 Å². The van der Waals surface area contributed by atoms with E-state index in [0.717, 1.165) is 32.1 Å². The number of unbranched alkanes of at least 4 members (excludes halogenated alkanes) is 1. The Bertz CT molecular complexity index is 510. The molecular formula is C22H41NO7. The quantitative estimate of drug-likeness (QED) is 0.205. The maximum Gasteiger partial charge on any atom is 0.328 e.